The molecule has 5 heteroatoms. The van der Waals surface area contributed by atoms with Crippen LogP contribution in [0.1, 0.15) is 32.0 Å². The first-order valence-corrected chi connectivity index (χ1v) is 7.29. The number of rotatable bonds is 3. The van der Waals surface area contributed by atoms with Gasteiger partial charge in [-0.3, -0.25) is 0 Å². The molecule has 0 aliphatic heterocycles. The van der Waals surface area contributed by atoms with Crippen molar-refractivity contribution in [2.45, 2.75) is 32.7 Å². The van der Waals surface area contributed by atoms with Gasteiger partial charge < -0.3 is 15.5 Å². The lowest BCUT2D eigenvalue weighted by molar-refractivity contribution is 0.415. The molecule has 4 nitrogen and oxygen atoms in total. The highest BCUT2D eigenvalue weighted by atomic mass is 79.9. The van der Waals surface area contributed by atoms with E-state index in [0.29, 0.717) is 11.3 Å². The molecule has 0 unspecified atom stereocenters. The number of methoxy groups -OCH3 is 1. The van der Waals surface area contributed by atoms with Crippen molar-refractivity contribution in [2.75, 3.05) is 7.11 Å². The van der Waals surface area contributed by atoms with Gasteiger partial charge in [0.1, 0.15) is 5.75 Å². The summed E-state index contributed by atoms with van der Waals surface area (Å²) in [6.07, 6.45) is 0. The summed E-state index contributed by atoms with van der Waals surface area (Å²) in [6.45, 7) is 6.95. The number of aromatic nitrogens is 2. The Hall–Kier alpha value is -1.33. The van der Waals surface area contributed by atoms with Gasteiger partial charge in [-0.15, -0.1) is 0 Å². The van der Waals surface area contributed by atoms with Crippen LogP contribution in [-0.4, -0.2) is 17.1 Å². The molecule has 2 aromatic rings. The zero-order valence-corrected chi connectivity index (χ0v) is 13.8. The standard InChI is InChI=1S/C15H20BrN3O/c1-15(2,3)9-5-6-12(20-4)10(7-9)13-11(8-17)18-14(16)19-13/h5-7H,8,17H2,1-4H3,(H,18,19). The zero-order valence-electron chi connectivity index (χ0n) is 12.2. The largest absolute Gasteiger partial charge is 0.496 e. The summed E-state index contributed by atoms with van der Waals surface area (Å²) >= 11 is 3.36. The van der Waals surface area contributed by atoms with Gasteiger partial charge in [0.2, 0.25) is 0 Å². The van der Waals surface area contributed by atoms with E-state index in [9.17, 15) is 0 Å². The fourth-order valence-corrected chi connectivity index (χ4v) is 2.52. The number of nitrogens with one attached hydrogen (secondary N) is 1. The van der Waals surface area contributed by atoms with Crippen molar-refractivity contribution in [3.8, 4) is 17.0 Å². The first-order chi connectivity index (χ1) is 9.36. The Balaban J connectivity index is 2.64. The highest BCUT2D eigenvalue weighted by Crippen LogP contribution is 2.35. The molecule has 1 heterocycles. The van der Waals surface area contributed by atoms with Crippen LogP contribution in [-0.2, 0) is 12.0 Å². The lowest BCUT2D eigenvalue weighted by Crippen LogP contribution is -2.11. The fourth-order valence-electron chi connectivity index (χ4n) is 2.11. The van der Waals surface area contributed by atoms with Crippen molar-refractivity contribution in [1.82, 2.24) is 9.97 Å². The average Bonchev–Trinajstić information content (AvgIpc) is 2.78. The number of hydrogen-bond donors (Lipinski definition) is 2. The van der Waals surface area contributed by atoms with Crippen LogP contribution in [0.25, 0.3) is 11.3 Å². The third-order valence-electron chi connectivity index (χ3n) is 3.27. The molecule has 0 saturated heterocycles. The molecule has 0 fully saturated rings. The van der Waals surface area contributed by atoms with E-state index in [1.165, 1.54) is 5.56 Å². The predicted octanol–water partition coefficient (Wildman–Crippen LogP) is 3.60. The SMILES string of the molecule is COc1ccc(C(C)(C)C)cc1-c1nc(Br)[nH]c1CN. The van der Waals surface area contributed by atoms with Crippen LogP contribution < -0.4 is 10.5 Å². The first-order valence-electron chi connectivity index (χ1n) is 6.50. The normalized spacial score (nSPS) is 11.7. The molecule has 0 aliphatic carbocycles. The first kappa shape index (κ1) is 15.1. The zero-order chi connectivity index (χ0) is 14.9. The molecular formula is C15H20BrN3O. The van der Waals surface area contributed by atoms with Gasteiger partial charge in [-0.25, -0.2) is 4.98 Å². The molecule has 0 spiro atoms. The second-order valence-corrected chi connectivity index (χ2v) is 6.48. The minimum atomic E-state index is 0.0669. The van der Waals surface area contributed by atoms with Crippen molar-refractivity contribution in [1.29, 1.82) is 0 Å². The van der Waals surface area contributed by atoms with Crippen LogP contribution in [0.4, 0.5) is 0 Å². The molecule has 0 radical (unpaired) electrons. The van der Waals surface area contributed by atoms with E-state index in [1.807, 2.05) is 6.07 Å². The number of hydrogen-bond acceptors (Lipinski definition) is 3. The average molecular weight is 338 g/mol. The Morgan fingerprint density at radius 2 is 2.05 bits per heavy atom. The molecule has 0 amide bonds. The second-order valence-electron chi connectivity index (χ2n) is 5.72. The molecular weight excluding hydrogens is 318 g/mol. The highest BCUT2D eigenvalue weighted by molar-refractivity contribution is 9.10. The van der Waals surface area contributed by atoms with E-state index < -0.39 is 0 Å². The molecule has 1 aromatic heterocycles. The lowest BCUT2D eigenvalue weighted by atomic mass is 9.85. The van der Waals surface area contributed by atoms with Crippen LogP contribution in [0.3, 0.4) is 0 Å². The van der Waals surface area contributed by atoms with E-state index in [-0.39, 0.29) is 5.41 Å². The molecule has 0 bridgehead atoms. The Morgan fingerprint density at radius 1 is 1.35 bits per heavy atom. The molecule has 20 heavy (non-hydrogen) atoms. The Morgan fingerprint density at radius 3 is 2.60 bits per heavy atom. The summed E-state index contributed by atoms with van der Waals surface area (Å²) in [5, 5.41) is 0. The number of halogens is 1. The van der Waals surface area contributed by atoms with E-state index in [4.69, 9.17) is 10.5 Å². The van der Waals surface area contributed by atoms with E-state index in [1.54, 1.807) is 7.11 Å². The highest BCUT2D eigenvalue weighted by Gasteiger charge is 2.19. The summed E-state index contributed by atoms with van der Waals surface area (Å²) in [4.78, 5) is 7.61. The van der Waals surface area contributed by atoms with Crippen LogP contribution in [0.15, 0.2) is 22.9 Å². The molecule has 108 valence electrons. The maximum Gasteiger partial charge on any atom is 0.175 e. The Labute approximate surface area is 127 Å². The van der Waals surface area contributed by atoms with Gasteiger partial charge in [0.05, 0.1) is 18.5 Å². The Kier molecular flexibility index (Phi) is 4.20. The van der Waals surface area contributed by atoms with Gasteiger partial charge in [-0.05, 0) is 39.0 Å². The van der Waals surface area contributed by atoms with E-state index >= 15 is 0 Å². The molecule has 0 atom stereocenters. The van der Waals surface area contributed by atoms with Crippen molar-refractivity contribution in [2.24, 2.45) is 5.73 Å². The number of ether oxygens (including phenoxy) is 1. The van der Waals surface area contributed by atoms with Gasteiger partial charge in [0, 0.05) is 12.1 Å². The maximum atomic E-state index is 5.78. The fraction of sp³-hybridized carbons (Fsp3) is 0.400. The number of aromatic amines is 1. The van der Waals surface area contributed by atoms with Gasteiger partial charge in [-0.1, -0.05) is 26.8 Å². The number of nitrogens with zero attached hydrogens (tertiary/aromatic N) is 1. The van der Waals surface area contributed by atoms with Crippen molar-refractivity contribution in [3.63, 3.8) is 0 Å². The number of H-pyrrole nitrogens is 1. The van der Waals surface area contributed by atoms with Crippen molar-refractivity contribution in [3.05, 3.63) is 34.2 Å². The second kappa shape index (κ2) is 5.58. The van der Waals surface area contributed by atoms with Gasteiger partial charge >= 0.3 is 0 Å². The molecule has 0 saturated carbocycles. The van der Waals surface area contributed by atoms with Crippen LogP contribution in [0, 0.1) is 0 Å². The van der Waals surface area contributed by atoms with Crippen molar-refractivity contribution < 1.29 is 4.74 Å². The third kappa shape index (κ3) is 2.88. The predicted molar refractivity (Wildman–Crippen MR) is 84.9 cm³/mol. The monoisotopic (exact) mass is 337 g/mol. The van der Waals surface area contributed by atoms with Crippen LogP contribution >= 0.6 is 15.9 Å². The van der Waals surface area contributed by atoms with Crippen LogP contribution in [0.5, 0.6) is 5.75 Å². The smallest absolute Gasteiger partial charge is 0.175 e. The summed E-state index contributed by atoms with van der Waals surface area (Å²) in [7, 11) is 1.67. The number of nitrogens with two attached hydrogens (primary N) is 1. The summed E-state index contributed by atoms with van der Waals surface area (Å²) < 4.78 is 6.14. The molecule has 1 aromatic carbocycles. The van der Waals surface area contributed by atoms with Gasteiger partial charge in [-0.2, -0.15) is 0 Å². The molecule has 0 aliphatic rings. The Bertz CT molecular complexity index is 614. The summed E-state index contributed by atoms with van der Waals surface area (Å²) in [5.41, 5.74) is 9.77. The quantitative estimate of drug-likeness (QED) is 0.899. The third-order valence-corrected chi connectivity index (χ3v) is 3.65. The lowest BCUT2D eigenvalue weighted by Gasteiger charge is -2.21. The molecule has 2 rings (SSSR count). The van der Waals surface area contributed by atoms with Gasteiger partial charge in [0.25, 0.3) is 0 Å². The van der Waals surface area contributed by atoms with E-state index in [2.05, 4.69) is 58.8 Å². The summed E-state index contributed by atoms with van der Waals surface area (Å²) in [6, 6.07) is 6.20. The minimum absolute atomic E-state index is 0.0669. The maximum absolute atomic E-state index is 5.78. The van der Waals surface area contributed by atoms with Crippen molar-refractivity contribution >= 4 is 15.9 Å². The molecule has 3 N–H and O–H groups in total. The minimum Gasteiger partial charge on any atom is -0.496 e. The number of benzene rings is 1. The van der Waals surface area contributed by atoms with E-state index in [0.717, 1.165) is 22.7 Å². The topological polar surface area (TPSA) is 63.9 Å². The number of imidazole rings is 1. The van der Waals surface area contributed by atoms with Gasteiger partial charge in [0.15, 0.2) is 4.73 Å². The van der Waals surface area contributed by atoms with Crippen LogP contribution in [0.2, 0.25) is 0 Å². The summed E-state index contributed by atoms with van der Waals surface area (Å²) in [5.74, 6) is 0.798.